The second kappa shape index (κ2) is 11.5. The zero-order valence-electron chi connectivity index (χ0n) is 22.7. The maximum atomic E-state index is 6.08. The lowest BCUT2D eigenvalue weighted by molar-refractivity contribution is 0.177. The number of nitrogens with zero attached hydrogens (tertiary/aromatic N) is 2. The van der Waals surface area contributed by atoms with E-state index in [1.807, 2.05) is 44.4 Å². The van der Waals surface area contributed by atoms with Crippen molar-refractivity contribution in [2.45, 2.75) is 19.6 Å². The van der Waals surface area contributed by atoms with Crippen LogP contribution in [0, 0.1) is 0 Å². The van der Waals surface area contributed by atoms with Gasteiger partial charge in [-0.25, -0.2) is 0 Å². The molecule has 1 aromatic heterocycles. The SMILES string of the molecule is COc1ccc2c(c1)cc(-c1cc(OC)c(OC)c(OC)c1)n2Cc1ccc(OC(C)CN(C)C)cc1. The molecule has 0 saturated heterocycles. The summed E-state index contributed by atoms with van der Waals surface area (Å²) in [6.45, 7) is 3.62. The summed E-state index contributed by atoms with van der Waals surface area (Å²) in [6, 6.07) is 20.6. The molecule has 0 amide bonds. The Hall–Kier alpha value is -3.84. The third-order valence-corrected chi connectivity index (χ3v) is 6.29. The average Bonchev–Trinajstić information content (AvgIpc) is 3.25. The van der Waals surface area contributed by atoms with Gasteiger partial charge in [-0.1, -0.05) is 12.1 Å². The molecule has 0 radical (unpaired) electrons. The van der Waals surface area contributed by atoms with Gasteiger partial charge in [-0.15, -0.1) is 0 Å². The second-order valence-electron chi connectivity index (χ2n) is 9.29. The Kier molecular flexibility index (Phi) is 8.14. The molecule has 1 unspecified atom stereocenters. The molecule has 0 aliphatic rings. The van der Waals surface area contributed by atoms with Crippen LogP contribution in [0.3, 0.4) is 0 Å². The standard InChI is InChI=1S/C30H36N2O5/c1-20(18-31(2)3)37-24-10-8-21(9-11-24)19-32-26-13-12-25(33-4)14-22(26)15-27(32)23-16-28(34-5)30(36-7)29(17-23)35-6/h8-17,20H,18-19H2,1-7H3. The Balaban J connectivity index is 1.75. The molecule has 0 N–H and O–H groups in total. The van der Waals surface area contributed by atoms with Crippen LogP contribution in [-0.4, -0.2) is 64.7 Å². The first kappa shape index (κ1) is 26.2. The number of benzene rings is 3. The molecule has 0 spiro atoms. The molecular formula is C30H36N2O5. The Morgan fingerprint density at radius 3 is 1.97 bits per heavy atom. The van der Waals surface area contributed by atoms with Crippen LogP contribution < -0.4 is 23.7 Å². The molecule has 0 fully saturated rings. The third-order valence-electron chi connectivity index (χ3n) is 6.29. The minimum absolute atomic E-state index is 0.107. The Morgan fingerprint density at radius 1 is 0.757 bits per heavy atom. The highest BCUT2D eigenvalue weighted by Crippen LogP contribution is 2.42. The van der Waals surface area contributed by atoms with Crippen molar-refractivity contribution in [2.24, 2.45) is 0 Å². The van der Waals surface area contributed by atoms with Gasteiger partial charge in [-0.3, -0.25) is 0 Å². The molecule has 4 aromatic rings. The summed E-state index contributed by atoms with van der Waals surface area (Å²) >= 11 is 0. The zero-order chi connectivity index (χ0) is 26.5. The van der Waals surface area contributed by atoms with Crippen molar-refractivity contribution in [1.29, 1.82) is 0 Å². The van der Waals surface area contributed by atoms with Gasteiger partial charge in [0, 0.05) is 35.2 Å². The molecule has 1 heterocycles. The van der Waals surface area contributed by atoms with Crippen LogP contribution in [0.1, 0.15) is 12.5 Å². The summed E-state index contributed by atoms with van der Waals surface area (Å²) < 4.78 is 30.6. The smallest absolute Gasteiger partial charge is 0.203 e. The van der Waals surface area contributed by atoms with E-state index < -0.39 is 0 Å². The highest BCUT2D eigenvalue weighted by atomic mass is 16.5. The van der Waals surface area contributed by atoms with Crippen molar-refractivity contribution in [3.63, 3.8) is 0 Å². The van der Waals surface area contributed by atoms with Crippen molar-refractivity contribution in [3.05, 3.63) is 66.2 Å². The molecule has 0 saturated carbocycles. The maximum Gasteiger partial charge on any atom is 0.203 e. The Bertz CT molecular complexity index is 1320. The minimum atomic E-state index is 0.107. The normalized spacial score (nSPS) is 12.0. The van der Waals surface area contributed by atoms with Crippen molar-refractivity contribution < 1.29 is 23.7 Å². The average molecular weight is 505 g/mol. The lowest BCUT2D eigenvalue weighted by Crippen LogP contribution is -2.27. The van der Waals surface area contributed by atoms with Gasteiger partial charge in [-0.05, 0) is 75.1 Å². The van der Waals surface area contributed by atoms with Crippen LogP contribution in [0.4, 0.5) is 0 Å². The fraction of sp³-hybridized carbons (Fsp3) is 0.333. The van der Waals surface area contributed by atoms with E-state index in [4.69, 9.17) is 23.7 Å². The van der Waals surface area contributed by atoms with Crippen LogP contribution >= 0.6 is 0 Å². The first-order chi connectivity index (χ1) is 17.9. The van der Waals surface area contributed by atoms with Crippen LogP contribution in [0.2, 0.25) is 0 Å². The molecule has 1 atom stereocenters. The molecule has 3 aromatic carbocycles. The van der Waals surface area contributed by atoms with Gasteiger partial charge in [0.05, 0.1) is 28.4 Å². The van der Waals surface area contributed by atoms with Crippen LogP contribution in [0.25, 0.3) is 22.2 Å². The van der Waals surface area contributed by atoms with Gasteiger partial charge >= 0.3 is 0 Å². The Morgan fingerprint density at radius 2 is 1.41 bits per heavy atom. The van der Waals surface area contributed by atoms with Gasteiger partial charge in [0.15, 0.2) is 11.5 Å². The van der Waals surface area contributed by atoms with E-state index in [-0.39, 0.29) is 6.10 Å². The van der Waals surface area contributed by atoms with Crippen LogP contribution in [0.15, 0.2) is 60.7 Å². The summed E-state index contributed by atoms with van der Waals surface area (Å²) in [6.07, 6.45) is 0.107. The number of ether oxygens (including phenoxy) is 5. The molecule has 0 aliphatic heterocycles. The Labute approximate surface area is 219 Å². The summed E-state index contributed by atoms with van der Waals surface area (Å²) in [7, 11) is 10.6. The highest BCUT2D eigenvalue weighted by Gasteiger charge is 2.18. The highest BCUT2D eigenvalue weighted by molar-refractivity contribution is 5.89. The van der Waals surface area contributed by atoms with E-state index >= 15 is 0 Å². The van der Waals surface area contributed by atoms with E-state index in [1.54, 1.807) is 28.4 Å². The summed E-state index contributed by atoms with van der Waals surface area (Å²) in [4.78, 5) is 2.12. The predicted molar refractivity (Wildman–Crippen MR) is 148 cm³/mol. The minimum Gasteiger partial charge on any atom is -0.497 e. The number of methoxy groups -OCH3 is 4. The number of fused-ring (bicyclic) bond motifs is 1. The fourth-order valence-corrected chi connectivity index (χ4v) is 4.65. The van der Waals surface area contributed by atoms with Crippen molar-refractivity contribution in [1.82, 2.24) is 9.47 Å². The summed E-state index contributed by atoms with van der Waals surface area (Å²) in [5, 5.41) is 1.08. The zero-order valence-corrected chi connectivity index (χ0v) is 22.7. The fourth-order valence-electron chi connectivity index (χ4n) is 4.65. The number of hydrogen-bond acceptors (Lipinski definition) is 6. The van der Waals surface area contributed by atoms with Gasteiger partial charge in [0.1, 0.15) is 17.6 Å². The molecule has 0 aliphatic carbocycles. The van der Waals surface area contributed by atoms with Crippen molar-refractivity contribution in [2.75, 3.05) is 49.1 Å². The maximum absolute atomic E-state index is 6.08. The predicted octanol–water partition coefficient (Wildman–Crippen LogP) is 5.72. The molecule has 7 nitrogen and oxygen atoms in total. The second-order valence-corrected chi connectivity index (χ2v) is 9.29. The molecule has 4 rings (SSSR count). The van der Waals surface area contributed by atoms with E-state index in [0.29, 0.717) is 23.8 Å². The first-order valence-electron chi connectivity index (χ1n) is 12.2. The summed E-state index contributed by atoms with van der Waals surface area (Å²) in [5.74, 6) is 3.47. The topological polar surface area (TPSA) is 54.3 Å². The molecular weight excluding hydrogens is 468 g/mol. The van der Waals surface area contributed by atoms with Gasteiger partial charge in [0.25, 0.3) is 0 Å². The number of likely N-dealkylation sites (N-methyl/N-ethyl adjacent to an activating group) is 1. The monoisotopic (exact) mass is 504 g/mol. The van der Waals surface area contributed by atoms with Crippen LogP contribution in [-0.2, 0) is 6.54 Å². The van der Waals surface area contributed by atoms with E-state index in [9.17, 15) is 0 Å². The molecule has 0 bridgehead atoms. The number of rotatable bonds is 11. The number of aromatic nitrogens is 1. The molecule has 196 valence electrons. The van der Waals surface area contributed by atoms with Crippen molar-refractivity contribution in [3.8, 4) is 40.0 Å². The van der Waals surface area contributed by atoms with E-state index in [1.165, 1.54) is 0 Å². The van der Waals surface area contributed by atoms with Gasteiger partial charge < -0.3 is 33.2 Å². The van der Waals surface area contributed by atoms with E-state index in [2.05, 4.69) is 46.7 Å². The first-order valence-corrected chi connectivity index (χ1v) is 12.2. The lowest BCUT2D eigenvalue weighted by atomic mass is 10.1. The lowest BCUT2D eigenvalue weighted by Gasteiger charge is -2.19. The van der Waals surface area contributed by atoms with Gasteiger partial charge in [0.2, 0.25) is 5.75 Å². The number of hydrogen-bond donors (Lipinski definition) is 0. The van der Waals surface area contributed by atoms with Gasteiger partial charge in [-0.2, -0.15) is 0 Å². The molecule has 7 heteroatoms. The quantitative estimate of drug-likeness (QED) is 0.260. The molecule has 37 heavy (non-hydrogen) atoms. The largest absolute Gasteiger partial charge is 0.497 e. The van der Waals surface area contributed by atoms with Crippen LogP contribution in [0.5, 0.6) is 28.7 Å². The summed E-state index contributed by atoms with van der Waals surface area (Å²) in [5.41, 5.74) is 4.25. The van der Waals surface area contributed by atoms with Crippen molar-refractivity contribution >= 4 is 10.9 Å². The third kappa shape index (κ3) is 5.78. The van der Waals surface area contributed by atoms with E-state index in [0.717, 1.165) is 45.8 Å².